The summed E-state index contributed by atoms with van der Waals surface area (Å²) in [6.07, 6.45) is 1.64. The summed E-state index contributed by atoms with van der Waals surface area (Å²) in [6, 6.07) is 13.1. The summed E-state index contributed by atoms with van der Waals surface area (Å²) in [5, 5.41) is 2.82. The second-order valence-corrected chi connectivity index (χ2v) is 11.1. The van der Waals surface area contributed by atoms with E-state index in [0.717, 1.165) is 11.8 Å². The molecule has 1 amide bonds. The summed E-state index contributed by atoms with van der Waals surface area (Å²) in [7, 11) is 3.71. The second-order valence-electron chi connectivity index (χ2n) is 8.07. The molecule has 0 unspecified atom stereocenters. The minimum absolute atomic E-state index is 0.104. The van der Waals surface area contributed by atoms with Crippen LogP contribution < -0.4 is 29.0 Å². The molecule has 0 aromatic heterocycles. The van der Waals surface area contributed by atoms with E-state index < -0.39 is 9.84 Å². The van der Waals surface area contributed by atoms with E-state index >= 15 is 0 Å². The lowest BCUT2D eigenvalue weighted by Crippen LogP contribution is -2.18. The van der Waals surface area contributed by atoms with Gasteiger partial charge in [0.25, 0.3) is 5.91 Å². The monoisotopic (exact) mass is 557 g/mol. The third-order valence-electron chi connectivity index (χ3n) is 5.90. The number of benzene rings is 3. The zero-order chi connectivity index (χ0) is 27.4. The van der Waals surface area contributed by atoms with Gasteiger partial charge in [-0.1, -0.05) is 17.8 Å². The van der Waals surface area contributed by atoms with Gasteiger partial charge in [-0.2, -0.15) is 0 Å². The summed E-state index contributed by atoms with van der Waals surface area (Å²) in [4.78, 5) is 13.9. The van der Waals surface area contributed by atoms with Crippen LogP contribution in [-0.4, -0.2) is 49.9 Å². The van der Waals surface area contributed by atoms with Crippen molar-refractivity contribution >= 4 is 39.3 Å². The number of carbonyl (C=O) groups is 1. The molecule has 1 aliphatic rings. The Morgan fingerprint density at radius 3 is 1.97 bits per heavy atom. The van der Waals surface area contributed by atoms with Gasteiger partial charge >= 0.3 is 0 Å². The molecule has 3 aromatic rings. The Kier molecular flexibility index (Phi) is 8.08. The van der Waals surface area contributed by atoms with Crippen molar-refractivity contribution in [3.05, 3.63) is 64.6 Å². The lowest BCUT2D eigenvalue weighted by molar-refractivity contribution is -0.112. The quantitative estimate of drug-likeness (QED) is 0.372. The number of amides is 1. The summed E-state index contributed by atoms with van der Waals surface area (Å²) in [5.41, 5.74) is 1.49. The smallest absolute Gasteiger partial charge is 0.262 e. The molecule has 1 heterocycles. The average molecular weight is 558 g/mol. The number of fused-ring (bicyclic) bond motifs is 1. The standard InChI is InChI=1S/C27H27NO8S2/c1-32-16-11-23(35-4)18(24(12-16)36-5)14-26-27(29)28-20-10-9-17(13-25(20)37-26)38(30,31)15-19-21(33-2)7-6-8-22(19)34-3/h6-14H,15H2,1-5H3,(H,28,29)/b26-14+. The molecular weight excluding hydrogens is 530 g/mol. The first kappa shape index (κ1) is 27.2. The van der Waals surface area contributed by atoms with Gasteiger partial charge in [-0.15, -0.1) is 0 Å². The number of carbonyl (C=O) groups excluding carboxylic acids is 1. The Bertz CT molecular complexity index is 1470. The Balaban J connectivity index is 1.71. The van der Waals surface area contributed by atoms with Gasteiger partial charge in [0.1, 0.15) is 28.7 Å². The van der Waals surface area contributed by atoms with Crippen LogP contribution in [0.4, 0.5) is 5.69 Å². The Morgan fingerprint density at radius 2 is 1.42 bits per heavy atom. The van der Waals surface area contributed by atoms with E-state index in [9.17, 15) is 13.2 Å². The Hall–Kier alpha value is -3.83. The largest absolute Gasteiger partial charge is 0.496 e. The van der Waals surface area contributed by atoms with E-state index in [1.807, 2.05) is 0 Å². The highest BCUT2D eigenvalue weighted by Crippen LogP contribution is 2.43. The van der Waals surface area contributed by atoms with Gasteiger partial charge in [0, 0.05) is 17.0 Å². The van der Waals surface area contributed by atoms with E-state index in [1.54, 1.807) is 48.5 Å². The van der Waals surface area contributed by atoms with Crippen LogP contribution in [0.15, 0.2) is 63.2 Å². The molecule has 0 bridgehead atoms. The van der Waals surface area contributed by atoms with E-state index in [2.05, 4.69) is 5.32 Å². The molecule has 3 aromatic carbocycles. The highest BCUT2D eigenvalue weighted by atomic mass is 32.2. The Morgan fingerprint density at radius 1 is 0.816 bits per heavy atom. The van der Waals surface area contributed by atoms with E-state index in [4.69, 9.17) is 23.7 Å². The highest BCUT2D eigenvalue weighted by molar-refractivity contribution is 8.04. The van der Waals surface area contributed by atoms with Crippen LogP contribution in [-0.2, 0) is 20.4 Å². The van der Waals surface area contributed by atoms with Gasteiger partial charge in [-0.3, -0.25) is 4.79 Å². The second kappa shape index (κ2) is 11.3. The third kappa shape index (κ3) is 5.39. The molecule has 9 nitrogen and oxygen atoms in total. The van der Waals surface area contributed by atoms with Gasteiger partial charge in [-0.25, -0.2) is 8.42 Å². The maximum Gasteiger partial charge on any atom is 0.262 e. The van der Waals surface area contributed by atoms with Gasteiger partial charge in [-0.05, 0) is 36.4 Å². The minimum Gasteiger partial charge on any atom is -0.496 e. The predicted octanol–water partition coefficient (Wildman–Crippen LogP) is 4.79. The molecule has 4 rings (SSSR count). The van der Waals surface area contributed by atoms with Gasteiger partial charge in [0.15, 0.2) is 9.84 Å². The number of hydrogen-bond acceptors (Lipinski definition) is 9. The van der Waals surface area contributed by atoms with E-state index in [0.29, 0.717) is 55.4 Å². The molecular formula is C27H27NO8S2. The predicted molar refractivity (Wildman–Crippen MR) is 145 cm³/mol. The lowest BCUT2D eigenvalue weighted by Gasteiger charge is -2.20. The van der Waals surface area contributed by atoms with Crippen molar-refractivity contribution in [1.29, 1.82) is 0 Å². The molecule has 0 saturated carbocycles. The lowest BCUT2D eigenvalue weighted by atomic mass is 10.1. The number of sulfone groups is 1. The van der Waals surface area contributed by atoms with Crippen molar-refractivity contribution in [3.8, 4) is 28.7 Å². The molecule has 1 aliphatic heterocycles. The van der Waals surface area contributed by atoms with Crippen molar-refractivity contribution in [1.82, 2.24) is 0 Å². The number of nitrogens with one attached hydrogen (secondary N) is 1. The van der Waals surface area contributed by atoms with Gasteiger partial charge < -0.3 is 29.0 Å². The molecule has 0 fully saturated rings. The van der Waals surface area contributed by atoms with Gasteiger partial charge in [0.2, 0.25) is 0 Å². The van der Waals surface area contributed by atoms with E-state index in [1.165, 1.54) is 41.6 Å². The van der Waals surface area contributed by atoms with Crippen LogP contribution in [0.3, 0.4) is 0 Å². The number of ether oxygens (including phenoxy) is 5. The fourth-order valence-electron chi connectivity index (χ4n) is 3.98. The number of methoxy groups -OCH3 is 5. The summed E-state index contributed by atoms with van der Waals surface area (Å²) >= 11 is 1.15. The van der Waals surface area contributed by atoms with Gasteiger partial charge in [0.05, 0.1) is 67.9 Å². The molecule has 0 radical (unpaired) electrons. The first-order valence-electron chi connectivity index (χ1n) is 11.3. The third-order valence-corrected chi connectivity index (χ3v) is 8.62. The topological polar surface area (TPSA) is 109 Å². The molecule has 200 valence electrons. The molecule has 1 N–H and O–H groups in total. The first-order valence-corrected chi connectivity index (χ1v) is 13.8. The first-order chi connectivity index (χ1) is 18.2. The minimum atomic E-state index is -3.79. The number of hydrogen-bond donors (Lipinski definition) is 1. The summed E-state index contributed by atoms with van der Waals surface area (Å²) in [6.45, 7) is 0. The fourth-order valence-corrected chi connectivity index (χ4v) is 6.43. The van der Waals surface area contributed by atoms with Crippen LogP contribution >= 0.6 is 11.8 Å². The number of anilines is 1. The van der Waals surface area contributed by atoms with Crippen LogP contribution in [0.2, 0.25) is 0 Å². The maximum absolute atomic E-state index is 13.4. The van der Waals surface area contributed by atoms with Crippen LogP contribution in [0.5, 0.6) is 28.7 Å². The summed E-state index contributed by atoms with van der Waals surface area (Å²) in [5.74, 6) is 1.62. The van der Waals surface area contributed by atoms with Crippen molar-refractivity contribution < 1.29 is 36.9 Å². The van der Waals surface area contributed by atoms with Crippen LogP contribution in [0.25, 0.3) is 6.08 Å². The fraction of sp³-hybridized carbons (Fsp3) is 0.222. The van der Waals surface area contributed by atoms with Crippen molar-refractivity contribution in [2.75, 3.05) is 40.9 Å². The van der Waals surface area contributed by atoms with Crippen molar-refractivity contribution in [3.63, 3.8) is 0 Å². The molecule has 0 atom stereocenters. The molecule has 38 heavy (non-hydrogen) atoms. The zero-order valence-electron chi connectivity index (χ0n) is 21.5. The van der Waals surface area contributed by atoms with E-state index in [-0.39, 0.29) is 16.6 Å². The van der Waals surface area contributed by atoms with Crippen LogP contribution in [0.1, 0.15) is 11.1 Å². The average Bonchev–Trinajstić information content (AvgIpc) is 2.92. The maximum atomic E-state index is 13.4. The Labute approximate surface area is 225 Å². The van der Waals surface area contributed by atoms with Crippen LogP contribution in [0, 0.1) is 0 Å². The number of rotatable bonds is 9. The van der Waals surface area contributed by atoms with Crippen molar-refractivity contribution in [2.24, 2.45) is 0 Å². The SMILES string of the molecule is COc1cc(OC)c(/C=C2/Sc3cc(S(=O)(=O)Cc4c(OC)cccc4OC)ccc3NC2=O)c(OC)c1. The normalized spacial score (nSPS) is 13.9. The molecule has 0 saturated heterocycles. The summed E-state index contributed by atoms with van der Waals surface area (Å²) < 4.78 is 53.8. The van der Waals surface area contributed by atoms with Crippen molar-refractivity contribution in [2.45, 2.75) is 15.5 Å². The highest BCUT2D eigenvalue weighted by Gasteiger charge is 2.27. The molecule has 0 aliphatic carbocycles. The zero-order valence-corrected chi connectivity index (χ0v) is 23.1. The molecule has 0 spiro atoms. The number of thioether (sulfide) groups is 1. The molecule has 11 heteroatoms.